The molecule has 2 aromatic rings. The van der Waals surface area contributed by atoms with E-state index in [9.17, 15) is 0 Å². The third kappa shape index (κ3) is 3.76. The summed E-state index contributed by atoms with van der Waals surface area (Å²) in [4.78, 5) is 10.6. The summed E-state index contributed by atoms with van der Waals surface area (Å²) in [6, 6.07) is 8.14. The molecule has 0 aromatic carbocycles. The minimum absolute atomic E-state index is 0.0374. The monoisotopic (exact) mass is 256 g/mol. The van der Waals surface area contributed by atoms with Crippen molar-refractivity contribution >= 4 is 5.82 Å². The molecule has 0 saturated carbocycles. The van der Waals surface area contributed by atoms with Crippen molar-refractivity contribution in [2.45, 2.75) is 19.4 Å². The Balaban J connectivity index is 2.00. The lowest BCUT2D eigenvalue weighted by Crippen LogP contribution is -2.21. The van der Waals surface area contributed by atoms with Gasteiger partial charge in [-0.3, -0.25) is 4.98 Å². The Labute approximate surface area is 114 Å². The predicted molar refractivity (Wildman–Crippen MR) is 78.1 cm³/mol. The molecule has 1 atom stereocenters. The van der Waals surface area contributed by atoms with E-state index in [-0.39, 0.29) is 6.04 Å². The van der Waals surface area contributed by atoms with Gasteiger partial charge in [-0.25, -0.2) is 4.98 Å². The molecule has 0 aliphatic rings. The van der Waals surface area contributed by atoms with Crippen LogP contribution in [0.25, 0.3) is 0 Å². The van der Waals surface area contributed by atoms with Gasteiger partial charge >= 0.3 is 0 Å². The van der Waals surface area contributed by atoms with Crippen molar-refractivity contribution < 1.29 is 0 Å². The van der Waals surface area contributed by atoms with E-state index in [4.69, 9.17) is 5.73 Å². The zero-order valence-corrected chi connectivity index (χ0v) is 11.5. The zero-order chi connectivity index (χ0) is 13.7. The van der Waals surface area contributed by atoms with Gasteiger partial charge in [0.2, 0.25) is 0 Å². The number of nitrogens with zero attached hydrogens (tertiary/aromatic N) is 3. The molecule has 0 saturated heterocycles. The van der Waals surface area contributed by atoms with Crippen LogP contribution in [0.4, 0.5) is 5.82 Å². The number of hydrogen-bond donors (Lipinski definition) is 1. The molecule has 0 aliphatic heterocycles. The number of nitrogens with two attached hydrogens (primary N) is 1. The van der Waals surface area contributed by atoms with Crippen molar-refractivity contribution in [3.63, 3.8) is 0 Å². The second-order valence-corrected chi connectivity index (χ2v) is 4.76. The van der Waals surface area contributed by atoms with Gasteiger partial charge in [0.05, 0.1) is 0 Å². The lowest BCUT2D eigenvalue weighted by molar-refractivity contribution is 0.806. The van der Waals surface area contributed by atoms with E-state index in [1.54, 1.807) is 0 Å². The standard InChI is InChI=1S/C15H20N4/c1-12(16)14-5-9-18-15(11-14)19(2)10-6-13-3-7-17-8-4-13/h3-5,7-9,11-12H,6,10,16H2,1-2H3/t12-/m0/s1. The molecule has 0 aliphatic carbocycles. The lowest BCUT2D eigenvalue weighted by atomic mass is 10.1. The Morgan fingerprint density at radius 1 is 1.21 bits per heavy atom. The number of hydrogen-bond acceptors (Lipinski definition) is 4. The lowest BCUT2D eigenvalue weighted by Gasteiger charge is -2.19. The topological polar surface area (TPSA) is 55.0 Å². The largest absolute Gasteiger partial charge is 0.359 e. The third-order valence-electron chi connectivity index (χ3n) is 3.17. The fourth-order valence-corrected chi connectivity index (χ4v) is 1.89. The molecule has 2 heterocycles. The molecule has 19 heavy (non-hydrogen) atoms. The van der Waals surface area contributed by atoms with Gasteiger partial charge in [0, 0.05) is 38.2 Å². The average molecular weight is 256 g/mol. The molecule has 100 valence electrons. The highest BCUT2D eigenvalue weighted by molar-refractivity contribution is 5.41. The van der Waals surface area contributed by atoms with Crippen molar-refractivity contribution in [2.75, 3.05) is 18.5 Å². The molecule has 2 N–H and O–H groups in total. The highest BCUT2D eigenvalue weighted by Gasteiger charge is 2.06. The molecule has 0 radical (unpaired) electrons. The first-order chi connectivity index (χ1) is 9.16. The zero-order valence-electron chi connectivity index (χ0n) is 11.5. The summed E-state index contributed by atoms with van der Waals surface area (Å²) in [5.41, 5.74) is 8.29. The number of rotatable bonds is 5. The maximum absolute atomic E-state index is 5.89. The molecule has 0 fully saturated rings. The second kappa shape index (κ2) is 6.29. The van der Waals surface area contributed by atoms with E-state index in [0.717, 1.165) is 24.3 Å². The molecule has 0 amide bonds. The quantitative estimate of drug-likeness (QED) is 0.891. The van der Waals surface area contributed by atoms with Gasteiger partial charge in [0.15, 0.2) is 0 Å². The second-order valence-electron chi connectivity index (χ2n) is 4.76. The van der Waals surface area contributed by atoms with Crippen LogP contribution in [0.5, 0.6) is 0 Å². The van der Waals surface area contributed by atoms with Gasteiger partial charge < -0.3 is 10.6 Å². The van der Waals surface area contributed by atoms with Crippen LogP contribution >= 0.6 is 0 Å². The van der Waals surface area contributed by atoms with Crippen LogP contribution in [-0.4, -0.2) is 23.6 Å². The van der Waals surface area contributed by atoms with E-state index in [1.165, 1.54) is 5.56 Å². The van der Waals surface area contributed by atoms with Gasteiger partial charge in [0.1, 0.15) is 5.82 Å². The maximum atomic E-state index is 5.89. The summed E-state index contributed by atoms with van der Waals surface area (Å²) in [5, 5.41) is 0. The van der Waals surface area contributed by atoms with Crippen LogP contribution in [0.2, 0.25) is 0 Å². The summed E-state index contributed by atoms with van der Waals surface area (Å²) in [7, 11) is 2.05. The van der Waals surface area contributed by atoms with Gasteiger partial charge in [-0.15, -0.1) is 0 Å². The molecule has 0 bridgehead atoms. The van der Waals surface area contributed by atoms with Crippen LogP contribution < -0.4 is 10.6 Å². The maximum Gasteiger partial charge on any atom is 0.128 e. The van der Waals surface area contributed by atoms with E-state index >= 15 is 0 Å². The summed E-state index contributed by atoms with van der Waals surface area (Å²) in [6.45, 7) is 2.90. The summed E-state index contributed by atoms with van der Waals surface area (Å²) < 4.78 is 0. The number of likely N-dealkylation sites (N-methyl/N-ethyl adjacent to an activating group) is 1. The summed E-state index contributed by atoms with van der Waals surface area (Å²) in [6.07, 6.45) is 6.44. The Morgan fingerprint density at radius 2 is 1.95 bits per heavy atom. The number of pyridine rings is 2. The fraction of sp³-hybridized carbons (Fsp3) is 0.333. The first kappa shape index (κ1) is 13.5. The first-order valence-electron chi connectivity index (χ1n) is 6.48. The first-order valence-corrected chi connectivity index (χ1v) is 6.48. The minimum atomic E-state index is 0.0374. The van der Waals surface area contributed by atoms with Crippen LogP contribution in [-0.2, 0) is 6.42 Å². The van der Waals surface area contributed by atoms with Crippen LogP contribution in [0.3, 0.4) is 0 Å². The van der Waals surface area contributed by atoms with Crippen molar-refractivity contribution in [3.05, 3.63) is 54.0 Å². The van der Waals surface area contributed by atoms with E-state index in [2.05, 4.69) is 28.0 Å². The highest BCUT2D eigenvalue weighted by Crippen LogP contribution is 2.16. The summed E-state index contributed by atoms with van der Waals surface area (Å²) in [5.74, 6) is 0.962. The molecule has 2 rings (SSSR count). The minimum Gasteiger partial charge on any atom is -0.359 e. The molecule has 0 unspecified atom stereocenters. The predicted octanol–water partition coefficient (Wildman–Crippen LogP) is 2.18. The highest BCUT2D eigenvalue weighted by atomic mass is 15.2. The van der Waals surface area contributed by atoms with Gasteiger partial charge in [-0.2, -0.15) is 0 Å². The molecule has 4 nitrogen and oxygen atoms in total. The average Bonchev–Trinajstić information content (AvgIpc) is 2.46. The van der Waals surface area contributed by atoms with E-state index in [1.807, 2.05) is 43.7 Å². The molecular weight excluding hydrogens is 236 g/mol. The van der Waals surface area contributed by atoms with Gasteiger partial charge in [0.25, 0.3) is 0 Å². The van der Waals surface area contributed by atoms with Gasteiger partial charge in [-0.1, -0.05) is 0 Å². The molecule has 4 heteroatoms. The SMILES string of the molecule is C[C@H](N)c1ccnc(N(C)CCc2ccncc2)c1. The third-order valence-corrected chi connectivity index (χ3v) is 3.17. The molecule has 0 spiro atoms. The number of aromatic nitrogens is 2. The molecular formula is C15H20N4. The van der Waals surface area contributed by atoms with Crippen molar-refractivity contribution in [3.8, 4) is 0 Å². The van der Waals surface area contributed by atoms with Crippen LogP contribution in [0.15, 0.2) is 42.9 Å². The van der Waals surface area contributed by atoms with Crippen LogP contribution in [0, 0.1) is 0 Å². The Bertz CT molecular complexity index is 511. The fourth-order valence-electron chi connectivity index (χ4n) is 1.89. The molecule has 2 aromatic heterocycles. The number of anilines is 1. The van der Waals surface area contributed by atoms with Crippen molar-refractivity contribution in [1.29, 1.82) is 0 Å². The Kier molecular flexibility index (Phi) is 4.47. The van der Waals surface area contributed by atoms with Gasteiger partial charge in [-0.05, 0) is 48.7 Å². The van der Waals surface area contributed by atoms with Crippen molar-refractivity contribution in [1.82, 2.24) is 9.97 Å². The Hall–Kier alpha value is -1.94. The summed E-state index contributed by atoms with van der Waals surface area (Å²) >= 11 is 0. The normalized spacial score (nSPS) is 12.2. The van der Waals surface area contributed by atoms with Crippen molar-refractivity contribution in [2.24, 2.45) is 5.73 Å². The van der Waals surface area contributed by atoms with Crippen LogP contribution in [0.1, 0.15) is 24.1 Å². The smallest absolute Gasteiger partial charge is 0.128 e. The Morgan fingerprint density at radius 3 is 2.63 bits per heavy atom. The van der Waals surface area contributed by atoms with E-state index < -0.39 is 0 Å². The van der Waals surface area contributed by atoms with E-state index in [0.29, 0.717) is 0 Å².